The molecule has 2 amide bonds. The van der Waals surface area contributed by atoms with Gasteiger partial charge < -0.3 is 14.2 Å². The number of aryl methyl sites for hydroxylation is 2. The fraction of sp³-hybridized carbons (Fsp3) is 0.304. The third-order valence-electron chi connectivity index (χ3n) is 4.63. The maximum absolute atomic E-state index is 12.8. The highest BCUT2D eigenvalue weighted by atomic mass is 35.5. The van der Waals surface area contributed by atoms with Crippen molar-refractivity contribution in [1.29, 1.82) is 0 Å². The van der Waals surface area contributed by atoms with E-state index in [2.05, 4.69) is 0 Å². The van der Waals surface area contributed by atoms with Crippen molar-refractivity contribution in [2.45, 2.75) is 20.8 Å². The lowest BCUT2D eigenvalue weighted by molar-refractivity contribution is -0.123. The van der Waals surface area contributed by atoms with Crippen molar-refractivity contribution < 1.29 is 23.8 Å². The fourth-order valence-electron chi connectivity index (χ4n) is 3.06. The molecule has 0 radical (unpaired) electrons. The van der Waals surface area contributed by atoms with Crippen LogP contribution in [-0.4, -0.2) is 42.9 Å². The summed E-state index contributed by atoms with van der Waals surface area (Å²) in [6.07, 6.45) is 1.63. The predicted octanol–water partition coefficient (Wildman–Crippen LogP) is 5.48. The van der Waals surface area contributed by atoms with Crippen LogP contribution in [0.5, 0.6) is 17.2 Å². The van der Waals surface area contributed by atoms with Gasteiger partial charge in [-0.25, -0.2) is 0 Å². The van der Waals surface area contributed by atoms with Crippen molar-refractivity contribution >= 4 is 40.6 Å². The molecule has 0 aliphatic carbocycles. The Hall–Kier alpha value is -2.64. The molecule has 1 aliphatic rings. The van der Waals surface area contributed by atoms with E-state index in [4.69, 9.17) is 25.8 Å². The first-order valence-electron chi connectivity index (χ1n) is 9.79. The van der Waals surface area contributed by atoms with Gasteiger partial charge in [0.1, 0.15) is 12.4 Å². The summed E-state index contributed by atoms with van der Waals surface area (Å²) in [5, 5.41) is 0.0402. The van der Waals surface area contributed by atoms with Crippen molar-refractivity contribution in [1.82, 2.24) is 4.90 Å². The number of rotatable bonds is 8. The van der Waals surface area contributed by atoms with Gasteiger partial charge in [0.25, 0.3) is 11.1 Å². The van der Waals surface area contributed by atoms with Crippen molar-refractivity contribution in [3.63, 3.8) is 0 Å². The first-order chi connectivity index (χ1) is 14.8. The molecule has 1 saturated heterocycles. The van der Waals surface area contributed by atoms with Gasteiger partial charge >= 0.3 is 0 Å². The summed E-state index contributed by atoms with van der Waals surface area (Å²) >= 11 is 7.19. The second-order valence-corrected chi connectivity index (χ2v) is 8.32. The first-order valence-corrected chi connectivity index (χ1v) is 11.0. The predicted molar refractivity (Wildman–Crippen MR) is 123 cm³/mol. The monoisotopic (exact) mass is 461 g/mol. The van der Waals surface area contributed by atoms with Gasteiger partial charge in [0.05, 0.1) is 30.2 Å². The summed E-state index contributed by atoms with van der Waals surface area (Å²) < 4.78 is 16.6. The SMILES string of the molecule is CCOc1c(Cl)cc(/C=C2\SC(=O)N(CCOc3cc(C)ccc3C)C2=O)cc1OC. The molecule has 0 atom stereocenters. The molecule has 0 aromatic heterocycles. The highest BCUT2D eigenvalue weighted by Gasteiger charge is 2.35. The maximum atomic E-state index is 12.8. The van der Waals surface area contributed by atoms with E-state index in [0.29, 0.717) is 33.6 Å². The van der Waals surface area contributed by atoms with Crippen LogP contribution in [0.4, 0.5) is 4.79 Å². The average Bonchev–Trinajstić information content (AvgIpc) is 2.99. The van der Waals surface area contributed by atoms with Gasteiger partial charge in [0, 0.05) is 0 Å². The van der Waals surface area contributed by atoms with Crippen molar-refractivity contribution in [2.24, 2.45) is 0 Å². The Morgan fingerprint density at radius 2 is 1.87 bits per heavy atom. The molecule has 0 spiro atoms. The summed E-state index contributed by atoms with van der Waals surface area (Å²) in [5.74, 6) is 1.30. The molecule has 0 unspecified atom stereocenters. The number of hydrogen-bond acceptors (Lipinski definition) is 6. The number of carbonyl (C=O) groups is 2. The lowest BCUT2D eigenvalue weighted by Gasteiger charge is -2.14. The minimum Gasteiger partial charge on any atom is -0.493 e. The van der Waals surface area contributed by atoms with Gasteiger partial charge in [-0.2, -0.15) is 0 Å². The molecule has 1 heterocycles. The third kappa shape index (κ3) is 5.35. The number of imide groups is 1. The van der Waals surface area contributed by atoms with Crippen molar-refractivity contribution in [2.75, 3.05) is 26.9 Å². The molecule has 2 aromatic carbocycles. The summed E-state index contributed by atoms with van der Waals surface area (Å²) in [4.78, 5) is 26.7. The van der Waals surface area contributed by atoms with E-state index in [1.165, 1.54) is 12.0 Å². The quantitative estimate of drug-likeness (QED) is 0.485. The lowest BCUT2D eigenvalue weighted by Crippen LogP contribution is -2.32. The van der Waals surface area contributed by atoms with Crippen LogP contribution >= 0.6 is 23.4 Å². The molecule has 31 heavy (non-hydrogen) atoms. The Morgan fingerprint density at radius 3 is 2.58 bits per heavy atom. The van der Waals surface area contributed by atoms with E-state index >= 15 is 0 Å². The Bertz CT molecular complexity index is 1040. The highest BCUT2D eigenvalue weighted by Crippen LogP contribution is 2.39. The number of ether oxygens (including phenoxy) is 3. The van der Waals surface area contributed by atoms with Crippen LogP contribution in [0, 0.1) is 13.8 Å². The van der Waals surface area contributed by atoms with Crippen LogP contribution in [0.25, 0.3) is 6.08 Å². The smallest absolute Gasteiger partial charge is 0.293 e. The van der Waals surface area contributed by atoms with E-state index in [-0.39, 0.29) is 24.3 Å². The molecule has 6 nitrogen and oxygen atoms in total. The molecule has 0 bridgehead atoms. The standard InChI is InChI=1S/C23H24ClNO5S/c1-5-29-21-17(24)11-16(12-19(21)28-4)13-20-22(26)25(23(27)31-20)8-9-30-18-10-14(2)6-7-15(18)3/h6-7,10-13H,5,8-9H2,1-4H3/b20-13-. The van der Waals surface area contributed by atoms with Crippen LogP contribution in [-0.2, 0) is 4.79 Å². The van der Waals surface area contributed by atoms with Gasteiger partial charge in [-0.1, -0.05) is 23.7 Å². The Balaban J connectivity index is 1.71. The van der Waals surface area contributed by atoms with E-state index in [1.54, 1.807) is 18.2 Å². The Kier molecular flexibility index (Phi) is 7.51. The van der Waals surface area contributed by atoms with E-state index < -0.39 is 0 Å². The number of amides is 2. The van der Waals surface area contributed by atoms with Gasteiger partial charge in [-0.15, -0.1) is 0 Å². The van der Waals surface area contributed by atoms with Crippen molar-refractivity contribution in [3.05, 3.63) is 56.9 Å². The van der Waals surface area contributed by atoms with Crippen LogP contribution in [0.1, 0.15) is 23.6 Å². The Morgan fingerprint density at radius 1 is 1.10 bits per heavy atom. The number of benzene rings is 2. The summed E-state index contributed by atoms with van der Waals surface area (Å²) in [6, 6.07) is 9.31. The molecule has 0 N–H and O–H groups in total. The third-order valence-corrected chi connectivity index (χ3v) is 5.82. The molecule has 0 saturated carbocycles. The summed E-state index contributed by atoms with van der Waals surface area (Å²) in [5.41, 5.74) is 2.72. The topological polar surface area (TPSA) is 65.1 Å². The Labute approximate surface area is 191 Å². The molecule has 1 aliphatic heterocycles. The molecule has 164 valence electrons. The molecular weight excluding hydrogens is 438 g/mol. The zero-order chi connectivity index (χ0) is 22.5. The van der Waals surface area contributed by atoms with Crippen LogP contribution in [0.2, 0.25) is 5.02 Å². The van der Waals surface area contributed by atoms with Gasteiger partial charge in [0.15, 0.2) is 11.5 Å². The summed E-state index contributed by atoms with van der Waals surface area (Å²) in [7, 11) is 1.52. The largest absolute Gasteiger partial charge is 0.493 e. The minimum atomic E-state index is -0.358. The van der Waals surface area contributed by atoms with Gasteiger partial charge in [0.2, 0.25) is 0 Å². The van der Waals surface area contributed by atoms with Gasteiger partial charge in [-0.05, 0) is 73.5 Å². The normalized spacial score (nSPS) is 15.0. The summed E-state index contributed by atoms with van der Waals surface area (Å²) in [6.45, 7) is 6.62. The molecule has 8 heteroatoms. The van der Waals surface area contributed by atoms with Crippen LogP contribution < -0.4 is 14.2 Å². The first kappa shape index (κ1) is 23.0. The van der Waals surface area contributed by atoms with E-state index in [1.807, 2.05) is 39.0 Å². The second-order valence-electron chi connectivity index (χ2n) is 6.92. The number of methoxy groups -OCH3 is 1. The second kappa shape index (κ2) is 10.1. The highest BCUT2D eigenvalue weighted by molar-refractivity contribution is 8.18. The maximum Gasteiger partial charge on any atom is 0.293 e. The molecule has 1 fully saturated rings. The minimum absolute atomic E-state index is 0.169. The average molecular weight is 462 g/mol. The zero-order valence-corrected chi connectivity index (χ0v) is 19.4. The number of hydrogen-bond donors (Lipinski definition) is 0. The van der Waals surface area contributed by atoms with Crippen LogP contribution in [0.15, 0.2) is 35.2 Å². The molecular formula is C23H24ClNO5S. The fourth-order valence-corrected chi connectivity index (χ4v) is 4.20. The van der Waals surface area contributed by atoms with Gasteiger partial charge in [-0.3, -0.25) is 14.5 Å². The molecule has 2 aromatic rings. The van der Waals surface area contributed by atoms with E-state index in [0.717, 1.165) is 28.6 Å². The van der Waals surface area contributed by atoms with Crippen LogP contribution in [0.3, 0.4) is 0 Å². The number of nitrogens with zero attached hydrogens (tertiary/aromatic N) is 1. The zero-order valence-electron chi connectivity index (χ0n) is 17.9. The van der Waals surface area contributed by atoms with E-state index in [9.17, 15) is 9.59 Å². The number of carbonyl (C=O) groups excluding carboxylic acids is 2. The molecule has 3 rings (SSSR count). The van der Waals surface area contributed by atoms with Crippen molar-refractivity contribution in [3.8, 4) is 17.2 Å². The lowest BCUT2D eigenvalue weighted by atomic mass is 10.1. The number of thioether (sulfide) groups is 1. The number of halogens is 1.